The van der Waals surface area contributed by atoms with Crippen LogP contribution in [0.4, 0.5) is 0 Å². The van der Waals surface area contributed by atoms with Gasteiger partial charge in [0, 0.05) is 10.8 Å². The van der Waals surface area contributed by atoms with E-state index in [9.17, 15) is 9.59 Å². The fraction of sp³-hybridized carbons (Fsp3) is 0.833. The SMILES string of the molecule is O=[C]C12CC3CC(C1)CC([C]=O)(C3)C2. The molecule has 4 rings (SSSR count). The van der Waals surface area contributed by atoms with Crippen molar-refractivity contribution in [3.05, 3.63) is 0 Å². The molecule has 0 aliphatic heterocycles. The van der Waals surface area contributed by atoms with E-state index in [4.69, 9.17) is 0 Å². The standard InChI is InChI=1S/C12H14O2/c13-7-11-2-9-1-10(4-11)5-12(3-9,6-11)8-14/h9-10H,1-6H2. The van der Waals surface area contributed by atoms with E-state index in [1.54, 1.807) is 0 Å². The second-order valence-corrected chi connectivity index (χ2v) is 5.73. The van der Waals surface area contributed by atoms with Crippen molar-refractivity contribution in [2.24, 2.45) is 22.7 Å². The van der Waals surface area contributed by atoms with Crippen LogP contribution in [0.1, 0.15) is 38.5 Å². The van der Waals surface area contributed by atoms with Gasteiger partial charge < -0.3 is 0 Å². The minimum absolute atomic E-state index is 0.262. The Labute approximate surface area is 84.1 Å². The van der Waals surface area contributed by atoms with Gasteiger partial charge in [-0.15, -0.1) is 0 Å². The minimum Gasteiger partial charge on any atom is -0.290 e. The van der Waals surface area contributed by atoms with Gasteiger partial charge in [0.15, 0.2) is 0 Å². The molecule has 0 N–H and O–H groups in total. The molecule has 0 atom stereocenters. The predicted molar refractivity (Wildman–Crippen MR) is 50.9 cm³/mol. The number of carbonyl (C=O) groups excluding carboxylic acids is 2. The van der Waals surface area contributed by atoms with Gasteiger partial charge in [-0.1, -0.05) is 0 Å². The summed E-state index contributed by atoms with van der Waals surface area (Å²) in [5, 5.41) is 0. The molecular formula is C12H14O2. The highest BCUT2D eigenvalue weighted by molar-refractivity contribution is 5.68. The molecule has 0 aromatic carbocycles. The Morgan fingerprint density at radius 3 is 1.64 bits per heavy atom. The van der Waals surface area contributed by atoms with E-state index in [1.165, 1.54) is 6.42 Å². The first-order chi connectivity index (χ1) is 6.69. The average Bonchev–Trinajstić information content (AvgIpc) is 2.16. The van der Waals surface area contributed by atoms with E-state index in [0.29, 0.717) is 11.8 Å². The third-order valence-electron chi connectivity index (χ3n) is 4.49. The Morgan fingerprint density at radius 2 is 1.29 bits per heavy atom. The second-order valence-electron chi connectivity index (χ2n) is 5.73. The quantitative estimate of drug-likeness (QED) is 0.665. The Bertz CT molecular complexity index is 255. The molecule has 4 bridgehead atoms. The van der Waals surface area contributed by atoms with Crippen LogP contribution in [0, 0.1) is 22.7 Å². The first-order valence-corrected chi connectivity index (χ1v) is 5.48. The second kappa shape index (κ2) is 2.47. The van der Waals surface area contributed by atoms with E-state index in [2.05, 4.69) is 12.6 Å². The molecule has 2 radical (unpaired) electrons. The predicted octanol–water partition coefficient (Wildman–Crippen LogP) is 1.79. The van der Waals surface area contributed by atoms with Gasteiger partial charge in [0.1, 0.15) is 0 Å². The van der Waals surface area contributed by atoms with Crippen molar-refractivity contribution >= 4 is 12.6 Å². The summed E-state index contributed by atoms with van der Waals surface area (Å²) in [5.41, 5.74) is -0.525. The van der Waals surface area contributed by atoms with Crippen molar-refractivity contribution in [1.82, 2.24) is 0 Å². The largest absolute Gasteiger partial charge is 0.290 e. The summed E-state index contributed by atoms with van der Waals surface area (Å²) >= 11 is 0. The highest BCUT2D eigenvalue weighted by atomic mass is 16.1. The lowest BCUT2D eigenvalue weighted by molar-refractivity contribution is -0.0432. The summed E-state index contributed by atoms with van der Waals surface area (Å²) in [6, 6.07) is 0. The van der Waals surface area contributed by atoms with E-state index < -0.39 is 0 Å². The molecular weight excluding hydrogens is 176 g/mol. The van der Waals surface area contributed by atoms with Crippen LogP contribution in [0.15, 0.2) is 0 Å². The van der Waals surface area contributed by atoms with Gasteiger partial charge in [0.2, 0.25) is 12.6 Å². The molecule has 4 saturated carbocycles. The maximum atomic E-state index is 11.1. The van der Waals surface area contributed by atoms with Crippen molar-refractivity contribution in [3.8, 4) is 0 Å². The van der Waals surface area contributed by atoms with Crippen LogP contribution >= 0.6 is 0 Å². The van der Waals surface area contributed by atoms with Gasteiger partial charge in [-0.3, -0.25) is 9.59 Å². The van der Waals surface area contributed by atoms with Gasteiger partial charge in [-0.05, 0) is 50.4 Å². The molecule has 0 aromatic rings. The summed E-state index contributed by atoms with van der Waals surface area (Å²) in [5.74, 6) is 1.19. The smallest absolute Gasteiger partial charge is 0.205 e. The molecule has 2 nitrogen and oxygen atoms in total. The third-order valence-corrected chi connectivity index (χ3v) is 4.49. The lowest BCUT2D eigenvalue weighted by Gasteiger charge is -2.57. The van der Waals surface area contributed by atoms with Crippen LogP contribution in [-0.4, -0.2) is 12.6 Å². The number of hydrogen-bond donors (Lipinski definition) is 0. The van der Waals surface area contributed by atoms with Crippen LogP contribution in [0.3, 0.4) is 0 Å². The highest BCUT2D eigenvalue weighted by Gasteiger charge is 2.58. The number of rotatable bonds is 2. The fourth-order valence-corrected chi connectivity index (χ4v) is 4.50. The van der Waals surface area contributed by atoms with Gasteiger partial charge in [0.05, 0.1) is 0 Å². The summed E-state index contributed by atoms with van der Waals surface area (Å²) in [6.45, 7) is 0. The van der Waals surface area contributed by atoms with E-state index >= 15 is 0 Å². The molecule has 4 fully saturated rings. The summed E-state index contributed by atoms with van der Waals surface area (Å²) in [4.78, 5) is 22.1. The van der Waals surface area contributed by atoms with Crippen molar-refractivity contribution in [1.29, 1.82) is 0 Å². The number of hydrogen-bond acceptors (Lipinski definition) is 2. The van der Waals surface area contributed by atoms with Crippen molar-refractivity contribution in [2.75, 3.05) is 0 Å². The zero-order valence-electron chi connectivity index (χ0n) is 8.21. The van der Waals surface area contributed by atoms with Crippen molar-refractivity contribution in [2.45, 2.75) is 38.5 Å². The van der Waals surface area contributed by atoms with Gasteiger partial charge in [0.25, 0.3) is 0 Å². The summed E-state index contributed by atoms with van der Waals surface area (Å²) in [6.07, 6.45) is 10.4. The topological polar surface area (TPSA) is 34.1 Å². The van der Waals surface area contributed by atoms with E-state index in [1.807, 2.05) is 0 Å². The molecule has 0 saturated heterocycles. The first-order valence-electron chi connectivity index (χ1n) is 5.48. The van der Waals surface area contributed by atoms with Crippen LogP contribution in [0.25, 0.3) is 0 Å². The molecule has 14 heavy (non-hydrogen) atoms. The Morgan fingerprint density at radius 1 is 0.857 bits per heavy atom. The summed E-state index contributed by atoms with van der Waals surface area (Å²) in [7, 11) is 0. The molecule has 4 aliphatic carbocycles. The lowest BCUT2D eigenvalue weighted by atomic mass is 9.45. The minimum atomic E-state index is -0.262. The molecule has 0 spiro atoms. The fourth-order valence-electron chi connectivity index (χ4n) is 4.50. The first kappa shape index (κ1) is 8.63. The zero-order chi connectivity index (χ0) is 9.81. The molecule has 0 aromatic heterocycles. The molecule has 0 unspecified atom stereocenters. The maximum Gasteiger partial charge on any atom is 0.205 e. The van der Waals surface area contributed by atoms with E-state index in [-0.39, 0.29) is 10.8 Å². The molecule has 4 aliphatic rings. The van der Waals surface area contributed by atoms with Crippen LogP contribution < -0.4 is 0 Å². The molecule has 2 heteroatoms. The van der Waals surface area contributed by atoms with Crippen LogP contribution in [0.5, 0.6) is 0 Å². The lowest BCUT2D eigenvalue weighted by Crippen LogP contribution is -2.53. The van der Waals surface area contributed by atoms with Gasteiger partial charge >= 0.3 is 0 Å². The average molecular weight is 190 g/mol. The Hall–Kier alpha value is -0.660. The van der Waals surface area contributed by atoms with Gasteiger partial charge in [-0.2, -0.15) is 0 Å². The molecule has 0 amide bonds. The molecule has 0 heterocycles. The van der Waals surface area contributed by atoms with Crippen molar-refractivity contribution < 1.29 is 9.59 Å². The van der Waals surface area contributed by atoms with Gasteiger partial charge in [-0.25, -0.2) is 0 Å². The van der Waals surface area contributed by atoms with Crippen LogP contribution in [0.2, 0.25) is 0 Å². The van der Waals surface area contributed by atoms with E-state index in [0.717, 1.165) is 32.1 Å². The molecule has 74 valence electrons. The monoisotopic (exact) mass is 190 g/mol. The summed E-state index contributed by atoms with van der Waals surface area (Å²) < 4.78 is 0. The maximum absolute atomic E-state index is 11.1. The zero-order valence-corrected chi connectivity index (χ0v) is 8.21. The Kier molecular flexibility index (Phi) is 1.52. The third kappa shape index (κ3) is 0.971. The Balaban J connectivity index is 2.01. The van der Waals surface area contributed by atoms with Crippen LogP contribution in [-0.2, 0) is 9.59 Å². The highest BCUT2D eigenvalue weighted by Crippen LogP contribution is 2.63. The van der Waals surface area contributed by atoms with Crippen molar-refractivity contribution in [3.63, 3.8) is 0 Å². The normalized spacial score (nSPS) is 54.6.